The first-order valence-electron chi connectivity index (χ1n) is 5.38. The van der Waals surface area contributed by atoms with E-state index >= 15 is 0 Å². The number of ether oxygens (including phenoxy) is 1. The Hall–Kier alpha value is -0.380. The molecule has 1 rings (SSSR count). The van der Waals surface area contributed by atoms with E-state index in [2.05, 4.69) is 6.92 Å². The molecule has 0 bridgehead atoms. The highest BCUT2D eigenvalue weighted by molar-refractivity contribution is 7.99. The number of halogens is 1. The predicted octanol–water partition coefficient (Wildman–Crippen LogP) is 3.35. The molecule has 16 heavy (non-hydrogen) atoms. The lowest BCUT2D eigenvalue weighted by Crippen LogP contribution is -2.02. The van der Waals surface area contributed by atoms with Crippen LogP contribution >= 0.6 is 23.4 Å². The van der Waals surface area contributed by atoms with Crippen LogP contribution < -0.4 is 4.74 Å². The van der Waals surface area contributed by atoms with Crippen LogP contribution in [0.4, 0.5) is 0 Å². The van der Waals surface area contributed by atoms with Gasteiger partial charge in [-0.1, -0.05) is 30.7 Å². The quantitative estimate of drug-likeness (QED) is 0.763. The van der Waals surface area contributed by atoms with Gasteiger partial charge in [0.2, 0.25) is 0 Å². The van der Waals surface area contributed by atoms with Gasteiger partial charge in [-0.15, -0.1) is 0 Å². The Bertz CT molecular complexity index is 318. The van der Waals surface area contributed by atoms with Gasteiger partial charge in [-0.25, -0.2) is 0 Å². The molecule has 0 aliphatic carbocycles. The Morgan fingerprint density at radius 3 is 2.94 bits per heavy atom. The standard InChI is InChI=1S/C12H17ClO2S/c1-2-16-8-4-7-15-12-10(9-14)5-3-6-11(12)13/h3,5-6,14H,2,4,7-9H2,1H3. The summed E-state index contributed by atoms with van der Waals surface area (Å²) in [4.78, 5) is 0. The van der Waals surface area contributed by atoms with E-state index in [9.17, 15) is 0 Å². The summed E-state index contributed by atoms with van der Waals surface area (Å²) in [5.41, 5.74) is 0.746. The summed E-state index contributed by atoms with van der Waals surface area (Å²) < 4.78 is 5.60. The molecule has 0 aromatic heterocycles. The molecule has 4 heteroatoms. The third-order valence-electron chi connectivity index (χ3n) is 2.10. The highest BCUT2D eigenvalue weighted by Gasteiger charge is 2.06. The summed E-state index contributed by atoms with van der Waals surface area (Å²) in [5, 5.41) is 9.71. The summed E-state index contributed by atoms with van der Waals surface area (Å²) in [7, 11) is 0. The van der Waals surface area contributed by atoms with E-state index in [-0.39, 0.29) is 6.61 Å². The maximum Gasteiger partial charge on any atom is 0.143 e. The first-order chi connectivity index (χ1) is 7.79. The summed E-state index contributed by atoms with van der Waals surface area (Å²) in [6.45, 7) is 2.74. The topological polar surface area (TPSA) is 29.5 Å². The molecule has 1 N–H and O–H groups in total. The van der Waals surface area contributed by atoms with Gasteiger partial charge < -0.3 is 9.84 Å². The van der Waals surface area contributed by atoms with Crippen LogP contribution in [0.1, 0.15) is 18.9 Å². The van der Waals surface area contributed by atoms with E-state index in [1.54, 1.807) is 6.07 Å². The summed E-state index contributed by atoms with van der Waals surface area (Å²) >= 11 is 7.90. The van der Waals surface area contributed by atoms with Gasteiger partial charge in [-0.3, -0.25) is 0 Å². The first-order valence-corrected chi connectivity index (χ1v) is 6.91. The summed E-state index contributed by atoms with van der Waals surface area (Å²) in [6, 6.07) is 5.41. The lowest BCUT2D eigenvalue weighted by molar-refractivity contribution is 0.263. The fourth-order valence-corrected chi connectivity index (χ4v) is 2.18. The zero-order valence-corrected chi connectivity index (χ0v) is 11.0. The maximum atomic E-state index is 9.14. The lowest BCUT2D eigenvalue weighted by Gasteiger charge is -2.11. The number of aliphatic hydroxyl groups is 1. The van der Waals surface area contributed by atoms with Crippen LogP contribution in [0.5, 0.6) is 5.75 Å². The molecule has 0 heterocycles. The number of para-hydroxylation sites is 1. The van der Waals surface area contributed by atoms with Gasteiger partial charge in [0.05, 0.1) is 18.2 Å². The van der Waals surface area contributed by atoms with Gasteiger partial charge in [0, 0.05) is 5.56 Å². The van der Waals surface area contributed by atoms with E-state index in [1.807, 2.05) is 23.9 Å². The van der Waals surface area contributed by atoms with Crippen molar-refractivity contribution in [1.29, 1.82) is 0 Å². The van der Waals surface area contributed by atoms with Crippen LogP contribution in [0.3, 0.4) is 0 Å². The fraction of sp³-hybridized carbons (Fsp3) is 0.500. The van der Waals surface area contributed by atoms with E-state index in [0.717, 1.165) is 23.5 Å². The SMILES string of the molecule is CCSCCCOc1c(Cl)cccc1CO. The van der Waals surface area contributed by atoms with Gasteiger partial charge in [0.1, 0.15) is 5.75 Å². The number of benzene rings is 1. The van der Waals surface area contributed by atoms with Crippen molar-refractivity contribution in [3.63, 3.8) is 0 Å². The van der Waals surface area contributed by atoms with Crippen LogP contribution in [-0.2, 0) is 6.61 Å². The van der Waals surface area contributed by atoms with E-state index in [1.165, 1.54) is 0 Å². The molecule has 0 fully saturated rings. The molecule has 0 radical (unpaired) electrons. The molecule has 0 amide bonds. The lowest BCUT2D eigenvalue weighted by atomic mass is 10.2. The summed E-state index contributed by atoms with van der Waals surface area (Å²) in [6.07, 6.45) is 0.995. The first kappa shape index (κ1) is 13.7. The van der Waals surface area contributed by atoms with Crippen LogP contribution in [0, 0.1) is 0 Å². The Morgan fingerprint density at radius 2 is 2.25 bits per heavy atom. The van der Waals surface area contributed by atoms with Crippen LogP contribution in [0.15, 0.2) is 18.2 Å². The number of rotatable bonds is 7. The minimum atomic E-state index is -0.0421. The molecular formula is C12H17ClO2S. The molecular weight excluding hydrogens is 244 g/mol. The monoisotopic (exact) mass is 260 g/mol. The molecule has 0 aliphatic heterocycles. The van der Waals surface area contributed by atoms with Crippen molar-refractivity contribution in [2.45, 2.75) is 20.0 Å². The third kappa shape index (κ3) is 4.24. The van der Waals surface area contributed by atoms with E-state index in [0.29, 0.717) is 17.4 Å². The van der Waals surface area contributed by atoms with E-state index in [4.69, 9.17) is 21.4 Å². The molecule has 0 atom stereocenters. The number of aliphatic hydroxyl groups excluding tert-OH is 1. The minimum absolute atomic E-state index is 0.0421. The van der Waals surface area contributed by atoms with Crippen molar-refractivity contribution >= 4 is 23.4 Å². The Kier molecular flexibility index (Phi) is 6.69. The molecule has 0 spiro atoms. The highest BCUT2D eigenvalue weighted by Crippen LogP contribution is 2.28. The molecule has 1 aromatic rings. The summed E-state index contributed by atoms with van der Waals surface area (Å²) in [5.74, 6) is 2.84. The second-order valence-corrected chi connectivity index (χ2v) is 5.09. The average molecular weight is 261 g/mol. The molecule has 2 nitrogen and oxygen atoms in total. The normalized spacial score (nSPS) is 10.4. The Morgan fingerprint density at radius 1 is 1.44 bits per heavy atom. The number of hydrogen-bond acceptors (Lipinski definition) is 3. The van der Waals surface area contributed by atoms with Crippen LogP contribution in [0.25, 0.3) is 0 Å². The fourth-order valence-electron chi connectivity index (χ4n) is 1.32. The Labute approximate surface area is 106 Å². The smallest absolute Gasteiger partial charge is 0.143 e. The average Bonchev–Trinajstić information content (AvgIpc) is 2.30. The molecule has 1 aromatic carbocycles. The van der Waals surface area contributed by atoms with Crippen LogP contribution in [0.2, 0.25) is 5.02 Å². The number of thioether (sulfide) groups is 1. The third-order valence-corrected chi connectivity index (χ3v) is 3.39. The Balaban J connectivity index is 2.46. The van der Waals surface area contributed by atoms with Crippen molar-refractivity contribution in [2.24, 2.45) is 0 Å². The minimum Gasteiger partial charge on any atom is -0.492 e. The van der Waals surface area contributed by atoms with Crippen molar-refractivity contribution in [2.75, 3.05) is 18.1 Å². The zero-order chi connectivity index (χ0) is 11.8. The second-order valence-electron chi connectivity index (χ2n) is 3.29. The molecule has 0 saturated heterocycles. The van der Waals surface area contributed by atoms with Gasteiger partial charge in [0.25, 0.3) is 0 Å². The second kappa shape index (κ2) is 7.82. The van der Waals surface area contributed by atoms with Crippen molar-refractivity contribution in [3.8, 4) is 5.75 Å². The van der Waals surface area contributed by atoms with Crippen molar-refractivity contribution in [1.82, 2.24) is 0 Å². The van der Waals surface area contributed by atoms with Gasteiger partial charge in [-0.2, -0.15) is 11.8 Å². The zero-order valence-electron chi connectivity index (χ0n) is 9.41. The van der Waals surface area contributed by atoms with Gasteiger partial charge in [-0.05, 0) is 24.0 Å². The highest BCUT2D eigenvalue weighted by atomic mass is 35.5. The number of hydrogen-bond donors (Lipinski definition) is 1. The van der Waals surface area contributed by atoms with Crippen molar-refractivity contribution in [3.05, 3.63) is 28.8 Å². The van der Waals surface area contributed by atoms with Gasteiger partial charge in [0.15, 0.2) is 0 Å². The molecule has 0 saturated carbocycles. The van der Waals surface area contributed by atoms with Gasteiger partial charge >= 0.3 is 0 Å². The van der Waals surface area contributed by atoms with Crippen molar-refractivity contribution < 1.29 is 9.84 Å². The predicted molar refractivity (Wildman–Crippen MR) is 70.5 cm³/mol. The molecule has 0 aliphatic rings. The van der Waals surface area contributed by atoms with E-state index < -0.39 is 0 Å². The molecule has 90 valence electrons. The maximum absolute atomic E-state index is 9.14. The largest absolute Gasteiger partial charge is 0.492 e. The van der Waals surface area contributed by atoms with Crippen LogP contribution in [-0.4, -0.2) is 23.2 Å². The molecule has 0 unspecified atom stereocenters.